The molecule has 0 unspecified atom stereocenters. The number of ether oxygens (including phenoxy) is 2. The van der Waals surface area contributed by atoms with Gasteiger partial charge in [-0.15, -0.1) is 0 Å². The standard InChI is InChI=1S/C21H24O4S/c1-24-19-13-12-18(14-20(19)25-2)26-17(15-21(22)23)11-7-6-10-16-8-4-3-5-9-16/h3-5,8-9,12-15H,6-7,10-11H2,1-2H3,(H,22,23)/b17-15+. The lowest BCUT2D eigenvalue weighted by Crippen LogP contribution is -1.93. The van der Waals surface area contributed by atoms with Crippen molar-refractivity contribution < 1.29 is 19.4 Å². The summed E-state index contributed by atoms with van der Waals surface area (Å²) in [5.41, 5.74) is 1.31. The van der Waals surface area contributed by atoms with Crippen molar-refractivity contribution in [2.24, 2.45) is 0 Å². The number of carboxylic acids is 1. The maximum Gasteiger partial charge on any atom is 0.329 e. The van der Waals surface area contributed by atoms with Crippen LogP contribution in [0.15, 0.2) is 64.4 Å². The van der Waals surface area contributed by atoms with Crippen LogP contribution in [0.1, 0.15) is 24.8 Å². The van der Waals surface area contributed by atoms with Crippen LogP contribution in [0.4, 0.5) is 0 Å². The lowest BCUT2D eigenvalue weighted by Gasteiger charge is -2.11. The Morgan fingerprint density at radius 3 is 2.42 bits per heavy atom. The monoisotopic (exact) mass is 372 g/mol. The van der Waals surface area contributed by atoms with Crippen LogP contribution < -0.4 is 9.47 Å². The molecule has 0 heterocycles. The highest BCUT2D eigenvalue weighted by atomic mass is 32.2. The Kier molecular flexibility index (Phi) is 8.09. The van der Waals surface area contributed by atoms with Crippen LogP contribution in [0.2, 0.25) is 0 Å². The summed E-state index contributed by atoms with van der Waals surface area (Å²) in [5.74, 6) is 0.371. The summed E-state index contributed by atoms with van der Waals surface area (Å²) >= 11 is 1.46. The van der Waals surface area contributed by atoms with Crippen molar-refractivity contribution in [3.8, 4) is 11.5 Å². The molecule has 0 bridgehead atoms. The van der Waals surface area contributed by atoms with Gasteiger partial charge < -0.3 is 14.6 Å². The SMILES string of the molecule is COc1ccc(S/C(=C/C(=O)O)CCCCc2ccccc2)cc1OC. The van der Waals surface area contributed by atoms with Gasteiger partial charge in [-0.2, -0.15) is 0 Å². The number of rotatable bonds is 10. The van der Waals surface area contributed by atoms with E-state index in [4.69, 9.17) is 14.6 Å². The van der Waals surface area contributed by atoms with Crippen molar-refractivity contribution in [1.82, 2.24) is 0 Å². The number of methoxy groups -OCH3 is 2. The molecule has 4 nitrogen and oxygen atoms in total. The average Bonchev–Trinajstić information content (AvgIpc) is 2.65. The number of carboxylic acid groups (broad SMARTS) is 1. The molecule has 2 rings (SSSR count). The van der Waals surface area contributed by atoms with E-state index < -0.39 is 5.97 Å². The molecule has 1 N–H and O–H groups in total. The van der Waals surface area contributed by atoms with E-state index in [1.54, 1.807) is 14.2 Å². The van der Waals surface area contributed by atoms with E-state index in [-0.39, 0.29) is 0 Å². The minimum atomic E-state index is -0.920. The Morgan fingerprint density at radius 2 is 1.77 bits per heavy atom. The van der Waals surface area contributed by atoms with Gasteiger partial charge in [-0.3, -0.25) is 0 Å². The molecule has 2 aromatic rings. The minimum Gasteiger partial charge on any atom is -0.493 e. The van der Waals surface area contributed by atoms with Gasteiger partial charge in [0.05, 0.1) is 14.2 Å². The maximum absolute atomic E-state index is 11.1. The van der Waals surface area contributed by atoms with Gasteiger partial charge in [0, 0.05) is 11.0 Å². The van der Waals surface area contributed by atoms with Crippen molar-refractivity contribution in [3.63, 3.8) is 0 Å². The van der Waals surface area contributed by atoms with E-state index in [9.17, 15) is 4.79 Å². The molecule has 0 aliphatic rings. The van der Waals surface area contributed by atoms with Gasteiger partial charge >= 0.3 is 5.97 Å². The summed E-state index contributed by atoms with van der Waals surface area (Å²) in [5, 5.41) is 9.14. The van der Waals surface area contributed by atoms with Crippen molar-refractivity contribution in [1.29, 1.82) is 0 Å². The predicted octanol–water partition coefficient (Wildman–Crippen LogP) is 5.18. The number of carbonyl (C=O) groups is 1. The summed E-state index contributed by atoms with van der Waals surface area (Å²) in [6.07, 6.45) is 4.99. The van der Waals surface area contributed by atoms with E-state index in [0.29, 0.717) is 11.5 Å². The second kappa shape index (κ2) is 10.6. The average molecular weight is 372 g/mol. The van der Waals surface area contributed by atoms with Crippen LogP contribution in [0.5, 0.6) is 11.5 Å². The minimum absolute atomic E-state index is 0.635. The molecular weight excluding hydrogens is 348 g/mol. The smallest absolute Gasteiger partial charge is 0.329 e. The fraction of sp³-hybridized carbons (Fsp3) is 0.286. The van der Waals surface area contributed by atoms with Crippen LogP contribution >= 0.6 is 11.8 Å². The molecule has 0 saturated heterocycles. The quantitative estimate of drug-likeness (QED) is 0.354. The topological polar surface area (TPSA) is 55.8 Å². The number of benzene rings is 2. The molecule has 0 spiro atoms. The highest BCUT2D eigenvalue weighted by molar-refractivity contribution is 8.03. The van der Waals surface area contributed by atoms with Gasteiger partial charge in [-0.1, -0.05) is 42.1 Å². The largest absolute Gasteiger partial charge is 0.493 e. The van der Waals surface area contributed by atoms with E-state index in [2.05, 4.69) is 12.1 Å². The first kappa shape index (κ1) is 19.9. The van der Waals surface area contributed by atoms with Crippen molar-refractivity contribution >= 4 is 17.7 Å². The Balaban J connectivity index is 1.96. The lowest BCUT2D eigenvalue weighted by molar-refractivity contribution is -0.131. The third-order valence-electron chi connectivity index (χ3n) is 3.87. The van der Waals surface area contributed by atoms with Crippen LogP contribution in [0, 0.1) is 0 Å². The Hall–Kier alpha value is -2.40. The first-order chi connectivity index (χ1) is 12.6. The van der Waals surface area contributed by atoms with E-state index >= 15 is 0 Å². The van der Waals surface area contributed by atoms with E-state index in [1.807, 2.05) is 36.4 Å². The molecule has 0 radical (unpaired) electrons. The van der Waals surface area contributed by atoms with Crippen LogP contribution in [0.25, 0.3) is 0 Å². The normalized spacial score (nSPS) is 11.2. The molecule has 0 atom stereocenters. The first-order valence-electron chi connectivity index (χ1n) is 8.49. The van der Waals surface area contributed by atoms with Gasteiger partial charge in [-0.25, -0.2) is 4.79 Å². The molecule has 0 aromatic heterocycles. The summed E-state index contributed by atoms with van der Waals surface area (Å²) < 4.78 is 10.6. The van der Waals surface area contributed by atoms with E-state index in [1.165, 1.54) is 23.4 Å². The predicted molar refractivity (Wildman–Crippen MR) is 105 cm³/mol. The number of hydrogen-bond acceptors (Lipinski definition) is 4. The molecule has 0 fully saturated rings. The molecule has 5 heteroatoms. The summed E-state index contributed by atoms with van der Waals surface area (Å²) in [7, 11) is 3.18. The molecule has 0 saturated carbocycles. The number of unbranched alkanes of at least 4 members (excludes halogenated alkanes) is 1. The Bertz CT molecular complexity index is 741. The van der Waals surface area contributed by atoms with Crippen LogP contribution in [-0.4, -0.2) is 25.3 Å². The van der Waals surface area contributed by atoms with E-state index in [0.717, 1.165) is 35.5 Å². The molecule has 138 valence electrons. The van der Waals surface area contributed by atoms with Gasteiger partial charge in [0.25, 0.3) is 0 Å². The van der Waals surface area contributed by atoms with Gasteiger partial charge in [0.1, 0.15) is 0 Å². The summed E-state index contributed by atoms with van der Waals surface area (Å²) in [4.78, 5) is 12.9. The summed E-state index contributed by atoms with van der Waals surface area (Å²) in [6, 6.07) is 15.9. The molecule has 0 amide bonds. The van der Waals surface area contributed by atoms with Gasteiger partial charge in [0.2, 0.25) is 0 Å². The second-order valence-corrected chi connectivity index (χ2v) is 6.96. The number of aliphatic carboxylic acids is 1. The van der Waals surface area contributed by atoms with Crippen molar-refractivity contribution in [3.05, 3.63) is 65.1 Å². The highest BCUT2D eigenvalue weighted by Crippen LogP contribution is 2.36. The number of aryl methyl sites for hydroxylation is 1. The fourth-order valence-corrected chi connectivity index (χ4v) is 3.61. The number of hydrogen-bond donors (Lipinski definition) is 1. The third kappa shape index (κ3) is 6.48. The Morgan fingerprint density at radius 1 is 1.04 bits per heavy atom. The summed E-state index contributed by atoms with van der Waals surface area (Å²) in [6.45, 7) is 0. The van der Waals surface area contributed by atoms with Crippen molar-refractivity contribution in [2.45, 2.75) is 30.6 Å². The lowest BCUT2D eigenvalue weighted by atomic mass is 10.1. The second-order valence-electron chi connectivity index (χ2n) is 5.76. The first-order valence-corrected chi connectivity index (χ1v) is 9.31. The zero-order valence-corrected chi connectivity index (χ0v) is 15.9. The molecule has 0 aliphatic heterocycles. The molecular formula is C21H24O4S. The van der Waals surface area contributed by atoms with Crippen LogP contribution in [0.3, 0.4) is 0 Å². The van der Waals surface area contributed by atoms with Crippen molar-refractivity contribution in [2.75, 3.05) is 14.2 Å². The highest BCUT2D eigenvalue weighted by Gasteiger charge is 2.09. The van der Waals surface area contributed by atoms with Gasteiger partial charge in [0.15, 0.2) is 11.5 Å². The van der Waals surface area contributed by atoms with Crippen LogP contribution in [-0.2, 0) is 11.2 Å². The number of thioether (sulfide) groups is 1. The fourth-order valence-electron chi connectivity index (χ4n) is 2.59. The third-order valence-corrected chi connectivity index (χ3v) is 4.94. The number of allylic oxidation sites excluding steroid dienone is 1. The molecule has 2 aromatic carbocycles. The maximum atomic E-state index is 11.1. The van der Waals surface area contributed by atoms with Gasteiger partial charge in [-0.05, 0) is 54.4 Å². The zero-order valence-electron chi connectivity index (χ0n) is 15.1. The molecule has 26 heavy (non-hydrogen) atoms. The zero-order chi connectivity index (χ0) is 18.8. The Labute approximate surface area is 158 Å². The molecule has 0 aliphatic carbocycles.